The molecule has 0 aromatic heterocycles. The van der Waals surface area contributed by atoms with E-state index in [1.807, 2.05) is 0 Å². The Kier molecular flexibility index (Phi) is 17.6. The van der Waals surface area contributed by atoms with E-state index in [-0.39, 0.29) is 66.8 Å². The fourth-order valence-electron chi connectivity index (χ4n) is 6.69. The number of para-hydroxylation sites is 2. The van der Waals surface area contributed by atoms with Crippen LogP contribution in [0.15, 0.2) is 105 Å². The Hall–Kier alpha value is -6.74. The first-order valence-corrected chi connectivity index (χ1v) is 21.9. The second-order valence-corrected chi connectivity index (χ2v) is 16.6. The van der Waals surface area contributed by atoms with E-state index in [1.54, 1.807) is 13.8 Å². The molecule has 70 heavy (non-hydrogen) atoms. The summed E-state index contributed by atoms with van der Waals surface area (Å²) >= 11 is 24.3. The number of ketones is 2. The minimum atomic E-state index is -4.85. The first kappa shape index (κ1) is 54.2. The molecule has 24 heteroatoms. The van der Waals surface area contributed by atoms with Crippen molar-refractivity contribution in [2.75, 3.05) is 21.3 Å². The number of carbonyl (C=O) groups excluding carboxylic acids is 6. The molecule has 0 aliphatic carbocycles. The SMILES string of the molecule is CCc1c(NC(=O)C(N=Nc2cc(Cl)cc(C(=O)Nc3c(Cl)cccc3C(F)(F)F)c2)C(C)=O)ccc(NC(=O)C(N=Nc2cc(Cl)cc(C(=O)Nc3c(Cl)cccc3C(F)(F)F)c2)C(C)=O)c1CC. The molecular weight excluding hydrogens is 1020 g/mol. The van der Waals surface area contributed by atoms with Crippen molar-refractivity contribution in [3.8, 4) is 0 Å². The quantitative estimate of drug-likeness (QED) is 0.0430. The number of nitrogens with zero attached hydrogens (tertiary/aromatic N) is 4. The standard InChI is InChI=1S/C46H36Cl4F6N8O6/c1-5-29-30(6-2)36(58-44(70)38(22(4)66)64-62-28-18-24(16-26(48)20-28)42(68)60-40-32(46(54,55)56)10-8-12-34(40)50)14-13-35(29)57-43(69)37(21(3)65)63-61-27-17-23(15-25(47)19-27)41(67)59-39-31(45(51,52)53)9-7-11-33(39)49/h7-20,37-38H,5-6H2,1-4H3,(H,57,69)(H,58,70)(H,59,67)(H,60,68). The lowest BCUT2D eigenvalue weighted by atomic mass is 9.98. The summed E-state index contributed by atoms with van der Waals surface area (Å²) in [6.07, 6.45) is -9.16. The van der Waals surface area contributed by atoms with Crippen LogP contribution in [0.5, 0.6) is 0 Å². The maximum Gasteiger partial charge on any atom is 0.418 e. The molecule has 0 radical (unpaired) electrons. The van der Waals surface area contributed by atoms with Crippen molar-refractivity contribution in [1.29, 1.82) is 0 Å². The van der Waals surface area contributed by atoms with Gasteiger partial charge in [-0.2, -0.15) is 46.8 Å². The van der Waals surface area contributed by atoms with Gasteiger partial charge in [0.05, 0.1) is 43.9 Å². The van der Waals surface area contributed by atoms with Crippen molar-refractivity contribution >= 4 is 116 Å². The van der Waals surface area contributed by atoms with Crippen molar-refractivity contribution in [2.45, 2.75) is 65.0 Å². The van der Waals surface area contributed by atoms with Crippen LogP contribution in [0, 0.1) is 0 Å². The number of halogens is 10. The summed E-state index contributed by atoms with van der Waals surface area (Å²) in [5.41, 5.74) is -3.13. The topological polar surface area (TPSA) is 200 Å². The van der Waals surface area contributed by atoms with E-state index >= 15 is 0 Å². The van der Waals surface area contributed by atoms with Crippen LogP contribution in [-0.4, -0.2) is 47.3 Å². The van der Waals surface area contributed by atoms with Gasteiger partial charge in [0.15, 0.2) is 11.6 Å². The van der Waals surface area contributed by atoms with Crippen LogP contribution < -0.4 is 21.3 Å². The van der Waals surface area contributed by atoms with Crippen molar-refractivity contribution < 1.29 is 55.1 Å². The number of Topliss-reactive ketones (excluding diaryl/α,β-unsaturated/α-hetero) is 2. The number of carbonyl (C=O) groups is 6. The average molecular weight is 1050 g/mol. The molecular formula is C46H36Cl4F6N8O6. The van der Waals surface area contributed by atoms with Crippen LogP contribution in [0.4, 0.5) is 60.5 Å². The summed E-state index contributed by atoms with van der Waals surface area (Å²) in [5.74, 6) is -5.46. The van der Waals surface area contributed by atoms with Crippen molar-refractivity contribution in [2.24, 2.45) is 20.5 Å². The van der Waals surface area contributed by atoms with E-state index in [9.17, 15) is 55.1 Å². The molecule has 5 aromatic rings. The Bertz CT molecular complexity index is 2770. The number of amides is 4. The molecule has 5 aromatic carbocycles. The van der Waals surface area contributed by atoms with Gasteiger partial charge >= 0.3 is 12.4 Å². The molecule has 0 aliphatic rings. The number of hydrogen-bond acceptors (Lipinski definition) is 10. The molecule has 0 heterocycles. The Morgan fingerprint density at radius 1 is 0.529 bits per heavy atom. The van der Waals surface area contributed by atoms with Gasteiger partial charge in [0.25, 0.3) is 23.6 Å². The summed E-state index contributed by atoms with van der Waals surface area (Å²) < 4.78 is 81.8. The third kappa shape index (κ3) is 13.5. The van der Waals surface area contributed by atoms with E-state index in [4.69, 9.17) is 46.4 Å². The fraction of sp³-hybridized carbons (Fsp3) is 0.217. The molecule has 0 saturated heterocycles. The van der Waals surface area contributed by atoms with Gasteiger partial charge in [-0.15, -0.1) is 0 Å². The van der Waals surface area contributed by atoms with Gasteiger partial charge < -0.3 is 21.3 Å². The van der Waals surface area contributed by atoms with Crippen molar-refractivity contribution in [3.05, 3.63) is 138 Å². The summed E-state index contributed by atoms with van der Waals surface area (Å²) in [6.45, 7) is 5.64. The summed E-state index contributed by atoms with van der Waals surface area (Å²) in [4.78, 5) is 78.8. The number of azo groups is 2. The van der Waals surface area contributed by atoms with E-state index in [1.165, 1.54) is 24.3 Å². The predicted octanol–water partition coefficient (Wildman–Crippen LogP) is 13.3. The first-order valence-electron chi connectivity index (χ1n) is 20.4. The summed E-state index contributed by atoms with van der Waals surface area (Å²) in [6, 6.07) is 12.2. The molecule has 4 amide bonds. The zero-order chi connectivity index (χ0) is 51.8. The highest BCUT2D eigenvalue weighted by Gasteiger charge is 2.36. The van der Waals surface area contributed by atoms with Gasteiger partial charge in [-0.3, -0.25) is 28.8 Å². The van der Waals surface area contributed by atoms with Crippen LogP contribution >= 0.6 is 46.4 Å². The Morgan fingerprint density at radius 2 is 0.886 bits per heavy atom. The van der Waals surface area contributed by atoms with Gasteiger partial charge in [0, 0.05) is 32.5 Å². The average Bonchev–Trinajstić information content (AvgIpc) is 3.26. The molecule has 14 nitrogen and oxygen atoms in total. The monoisotopic (exact) mass is 1050 g/mol. The van der Waals surface area contributed by atoms with E-state index in [0.29, 0.717) is 11.1 Å². The van der Waals surface area contributed by atoms with E-state index in [0.717, 1.165) is 74.5 Å². The second-order valence-electron chi connectivity index (χ2n) is 14.9. The lowest BCUT2D eigenvalue weighted by Crippen LogP contribution is -2.33. The lowest BCUT2D eigenvalue weighted by molar-refractivity contribution is -0.137. The normalized spacial score (nSPS) is 12.7. The Morgan fingerprint density at radius 3 is 1.20 bits per heavy atom. The molecule has 366 valence electrons. The van der Waals surface area contributed by atoms with Gasteiger partial charge in [0.2, 0.25) is 12.1 Å². The smallest absolute Gasteiger partial charge is 0.323 e. The van der Waals surface area contributed by atoms with E-state index < -0.39 is 82.1 Å². The fourth-order valence-corrected chi connectivity index (χ4v) is 7.60. The molecule has 5 rings (SSSR count). The van der Waals surface area contributed by atoms with E-state index in [2.05, 4.69) is 41.7 Å². The van der Waals surface area contributed by atoms with Crippen molar-refractivity contribution in [3.63, 3.8) is 0 Å². The van der Waals surface area contributed by atoms with Gasteiger partial charge in [-0.05, 0) is 111 Å². The third-order valence-electron chi connectivity index (χ3n) is 9.90. The second kappa shape index (κ2) is 22.8. The first-order chi connectivity index (χ1) is 32.8. The molecule has 0 fully saturated rings. The highest BCUT2D eigenvalue weighted by molar-refractivity contribution is 6.35. The number of rotatable bonds is 16. The predicted molar refractivity (Wildman–Crippen MR) is 252 cm³/mol. The molecule has 2 unspecified atom stereocenters. The highest BCUT2D eigenvalue weighted by Crippen LogP contribution is 2.40. The number of alkyl halides is 6. The minimum Gasteiger partial charge on any atom is -0.323 e. The van der Waals surface area contributed by atoms with Crippen LogP contribution in [0.1, 0.15) is 70.7 Å². The highest BCUT2D eigenvalue weighted by atomic mass is 35.5. The maximum absolute atomic E-state index is 13.6. The zero-order valence-corrected chi connectivity index (χ0v) is 39.7. The molecule has 0 saturated carbocycles. The van der Waals surface area contributed by atoms with Gasteiger partial charge in [0.1, 0.15) is 0 Å². The number of nitrogens with one attached hydrogen (secondary N) is 4. The van der Waals surface area contributed by atoms with Crippen LogP contribution in [0.2, 0.25) is 20.1 Å². The zero-order valence-electron chi connectivity index (χ0n) is 36.7. The molecule has 0 bridgehead atoms. The third-order valence-corrected chi connectivity index (χ3v) is 11.0. The lowest BCUT2D eigenvalue weighted by Gasteiger charge is -2.20. The molecule has 0 spiro atoms. The summed E-state index contributed by atoms with van der Waals surface area (Å²) in [7, 11) is 0. The van der Waals surface area contributed by atoms with Crippen LogP contribution in [-0.2, 0) is 44.4 Å². The molecule has 4 N–H and O–H groups in total. The van der Waals surface area contributed by atoms with Crippen LogP contribution in [0.3, 0.4) is 0 Å². The number of hydrogen-bond donors (Lipinski definition) is 4. The number of anilines is 4. The van der Waals surface area contributed by atoms with Gasteiger partial charge in [-0.1, -0.05) is 72.4 Å². The molecule has 2 atom stereocenters. The van der Waals surface area contributed by atoms with Crippen LogP contribution in [0.25, 0.3) is 0 Å². The number of benzene rings is 5. The minimum absolute atomic E-state index is 0.0899. The Labute approximate surface area is 414 Å². The molecule has 0 aliphatic heterocycles. The van der Waals surface area contributed by atoms with Crippen molar-refractivity contribution in [1.82, 2.24) is 0 Å². The summed E-state index contributed by atoms with van der Waals surface area (Å²) in [5, 5.41) is 24.2. The maximum atomic E-state index is 13.6. The largest absolute Gasteiger partial charge is 0.418 e. The Balaban J connectivity index is 1.33. The van der Waals surface area contributed by atoms with Gasteiger partial charge in [-0.25, -0.2) is 0 Å².